The molecule has 0 spiro atoms. The van der Waals surface area contributed by atoms with Crippen LogP contribution in [-0.4, -0.2) is 23.6 Å². The van der Waals surface area contributed by atoms with Gasteiger partial charge in [-0.15, -0.1) is 0 Å². The number of aromatic nitrogens is 1. The Kier molecular flexibility index (Phi) is 6.64. The number of carbonyl (C=O) groups is 1. The van der Waals surface area contributed by atoms with Gasteiger partial charge >= 0.3 is 0 Å². The first-order valence-electron chi connectivity index (χ1n) is 7.16. The predicted octanol–water partition coefficient (Wildman–Crippen LogP) is 2.15. The van der Waals surface area contributed by atoms with Crippen LogP contribution in [0.4, 0.5) is 0 Å². The lowest BCUT2D eigenvalue weighted by Crippen LogP contribution is -2.43. The third-order valence-electron chi connectivity index (χ3n) is 3.12. The van der Waals surface area contributed by atoms with Crippen molar-refractivity contribution in [2.75, 3.05) is 7.05 Å². The summed E-state index contributed by atoms with van der Waals surface area (Å²) in [6.07, 6.45) is 6.23. The lowest BCUT2D eigenvalue weighted by molar-refractivity contribution is -0.123. The second-order valence-corrected chi connectivity index (χ2v) is 5.43. The van der Waals surface area contributed by atoms with Gasteiger partial charge in [0.2, 0.25) is 5.91 Å². The van der Waals surface area contributed by atoms with Crippen LogP contribution in [0.1, 0.15) is 39.2 Å². The predicted molar refractivity (Wildman–Crippen MR) is 78.9 cm³/mol. The van der Waals surface area contributed by atoms with Crippen LogP contribution in [0.5, 0.6) is 0 Å². The molecule has 2 N–H and O–H groups in total. The van der Waals surface area contributed by atoms with E-state index in [1.54, 1.807) is 7.05 Å². The molecule has 1 atom stereocenters. The van der Waals surface area contributed by atoms with E-state index in [4.69, 9.17) is 0 Å². The summed E-state index contributed by atoms with van der Waals surface area (Å²) in [7, 11) is 1.69. The van der Waals surface area contributed by atoms with Crippen LogP contribution in [0.2, 0.25) is 0 Å². The Morgan fingerprint density at radius 3 is 2.74 bits per heavy atom. The molecular formula is C15H27N3O. The van der Waals surface area contributed by atoms with Crippen LogP contribution >= 0.6 is 0 Å². The summed E-state index contributed by atoms with van der Waals surface area (Å²) >= 11 is 0. The van der Waals surface area contributed by atoms with Crippen molar-refractivity contribution < 1.29 is 4.79 Å². The fraction of sp³-hybridized carbons (Fsp3) is 0.667. The fourth-order valence-corrected chi connectivity index (χ4v) is 2.16. The van der Waals surface area contributed by atoms with E-state index in [9.17, 15) is 4.79 Å². The van der Waals surface area contributed by atoms with Crippen molar-refractivity contribution in [1.82, 2.24) is 15.2 Å². The maximum absolute atomic E-state index is 11.8. The summed E-state index contributed by atoms with van der Waals surface area (Å²) in [5.74, 6) is 0.571. The zero-order valence-electron chi connectivity index (χ0n) is 12.6. The highest BCUT2D eigenvalue weighted by atomic mass is 16.2. The standard InChI is InChI=1S/C15H27N3O/c1-5-7-18-8-6-13(11-18)10-17-14(9-12(2)3)15(19)16-4/h6,8,11-12,14,17H,5,7,9-10H2,1-4H3,(H,16,19). The van der Waals surface area contributed by atoms with E-state index >= 15 is 0 Å². The number of hydrogen-bond donors (Lipinski definition) is 2. The number of nitrogens with one attached hydrogen (secondary N) is 2. The van der Waals surface area contributed by atoms with E-state index in [1.165, 1.54) is 5.56 Å². The molecule has 1 unspecified atom stereocenters. The SMILES string of the molecule is CCCn1ccc(CNC(CC(C)C)C(=O)NC)c1. The average Bonchev–Trinajstić information content (AvgIpc) is 2.81. The van der Waals surface area contributed by atoms with E-state index in [2.05, 4.69) is 54.4 Å². The molecule has 1 rings (SSSR count). The van der Waals surface area contributed by atoms with Crippen molar-refractivity contribution >= 4 is 5.91 Å². The first kappa shape index (κ1) is 15.8. The number of carbonyl (C=O) groups excluding carboxylic acids is 1. The first-order chi connectivity index (χ1) is 9.06. The topological polar surface area (TPSA) is 46.1 Å². The second-order valence-electron chi connectivity index (χ2n) is 5.43. The zero-order chi connectivity index (χ0) is 14.3. The van der Waals surface area contributed by atoms with Crippen molar-refractivity contribution in [3.05, 3.63) is 24.0 Å². The smallest absolute Gasteiger partial charge is 0.236 e. The van der Waals surface area contributed by atoms with Crippen molar-refractivity contribution in [2.45, 2.75) is 52.7 Å². The number of aryl methyl sites for hydroxylation is 1. The zero-order valence-corrected chi connectivity index (χ0v) is 12.6. The summed E-state index contributed by atoms with van der Waals surface area (Å²) in [4.78, 5) is 11.8. The maximum Gasteiger partial charge on any atom is 0.236 e. The monoisotopic (exact) mass is 265 g/mol. The summed E-state index contributed by atoms with van der Waals surface area (Å²) in [5, 5.41) is 6.07. The number of amides is 1. The van der Waals surface area contributed by atoms with E-state index < -0.39 is 0 Å². The van der Waals surface area contributed by atoms with Gasteiger partial charge in [-0.3, -0.25) is 4.79 Å². The maximum atomic E-state index is 11.8. The van der Waals surface area contributed by atoms with Gasteiger partial charge in [0.1, 0.15) is 0 Å². The van der Waals surface area contributed by atoms with Gasteiger partial charge in [0.05, 0.1) is 6.04 Å². The average molecular weight is 265 g/mol. The van der Waals surface area contributed by atoms with Crippen LogP contribution in [-0.2, 0) is 17.9 Å². The van der Waals surface area contributed by atoms with Gasteiger partial charge in [-0.05, 0) is 30.4 Å². The van der Waals surface area contributed by atoms with E-state index in [1.807, 2.05) is 0 Å². The Morgan fingerprint density at radius 1 is 1.42 bits per heavy atom. The molecule has 0 fully saturated rings. The molecule has 1 heterocycles. The number of nitrogens with zero attached hydrogens (tertiary/aromatic N) is 1. The molecule has 0 aliphatic rings. The minimum atomic E-state index is -0.112. The molecule has 19 heavy (non-hydrogen) atoms. The van der Waals surface area contributed by atoms with Gasteiger partial charge < -0.3 is 15.2 Å². The lowest BCUT2D eigenvalue weighted by atomic mass is 10.0. The molecule has 0 saturated carbocycles. The van der Waals surface area contributed by atoms with Gasteiger partial charge in [0.15, 0.2) is 0 Å². The molecule has 1 aromatic rings. The Bertz CT molecular complexity index is 384. The van der Waals surface area contributed by atoms with Gasteiger partial charge in [-0.25, -0.2) is 0 Å². The summed E-state index contributed by atoms with van der Waals surface area (Å²) in [5.41, 5.74) is 1.23. The molecule has 0 aliphatic heterocycles. The van der Waals surface area contributed by atoms with E-state index in [-0.39, 0.29) is 11.9 Å². The van der Waals surface area contributed by atoms with Crippen molar-refractivity contribution in [3.8, 4) is 0 Å². The normalized spacial score (nSPS) is 12.7. The summed E-state index contributed by atoms with van der Waals surface area (Å²) in [6.45, 7) is 8.22. The molecule has 0 bridgehead atoms. The minimum Gasteiger partial charge on any atom is -0.358 e. The summed E-state index contributed by atoms with van der Waals surface area (Å²) < 4.78 is 2.19. The Hall–Kier alpha value is -1.29. The van der Waals surface area contributed by atoms with Gasteiger partial charge in [0, 0.05) is 32.5 Å². The largest absolute Gasteiger partial charge is 0.358 e. The minimum absolute atomic E-state index is 0.0710. The van der Waals surface area contributed by atoms with E-state index in [0.29, 0.717) is 5.92 Å². The van der Waals surface area contributed by atoms with Gasteiger partial charge in [0.25, 0.3) is 0 Å². The highest BCUT2D eigenvalue weighted by Crippen LogP contribution is 2.07. The molecule has 1 aromatic heterocycles. The number of rotatable bonds is 8. The number of hydrogen-bond acceptors (Lipinski definition) is 2. The number of likely N-dealkylation sites (N-methyl/N-ethyl adjacent to an activating group) is 1. The van der Waals surface area contributed by atoms with Crippen LogP contribution in [0.15, 0.2) is 18.5 Å². The molecule has 0 aromatic carbocycles. The van der Waals surface area contributed by atoms with E-state index in [0.717, 1.165) is 25.9 Å². The highest BCUT2D eigenvalue weighted by Gasteiger charge is 2.17. The molecular weight excluding hydrogens is 238 g/mol. The second kappa shape index (κ2) is 8.00. The quantitative estimate of drug-likeness (QED) is 0.756. The first-order valence-corrected chi connectivity index (χ1v) is 7.16. The third kappa shape index (κ3) is 5.47. The molecule has 108 valence electrons. The lowest BCUT2D eigenvalue weighted by Gasteiger charge is -2.18. The Labute approximate surface area is 116 Å². The molecule has 1 amide bonds. The summed E-state index contributed by atoms with van der Waals surface area (Å²) in [6, 6.07) is 2.00. The van der Waals surface area contributed by atoms with Gasteiger partial charge in [-0.1, -0.05) is 20.8 Å². The highest BCUT2D eigenvalue weighted by molar-refractivity contribution is 5.81. The Balaban J connectivity index is 2.52. The van der Waals surface area contributed by atoms with Crippen LogP contribution in [0, 0.1) is 5.92 Å². The van der Waals surface area contributed by atoms with Crippen molar-refractivity contribution in [2.24, 2.45) is 5.92 Å². The van der Waals surface area contributed by atoms with Crippen LogP contribution < -0.4 is 10.6 Å². The van der Waals surface area contributed by atoms with Crippen LogP contribution in [0.3, 0.4) is 0 Å². The molecule has 0 radical (unpaired) electrons. The molecule has 0 aliphatic carbocycles. The third-order valence-corrected chi connectivity index (χ3v) is 3.12. The molecule has 4 heteroatoms. The Morgan fingerprint density at radius 2 is 2.16 bits per heavy atom. The van der Waals surface area contributed by atoms with Crippen LogP contribution in [0.25, 0.3) is 0 Å². The van der Waals surface area contributed by atoms with Crippen molar-refractivity contribution in [1.29, 1.82) is 0 Å². The fourth-order valence-electron chi connectivity index (χ4n) is 2.16. The van der Waals surface area contributed by atoms with Gasteiger partial charge in [-0.2, -0.15) is 0 Å². The molecule has 0 saturated heterocycles. The van der Waals surface area contributed by atoms with Crippen molar-refractivity contribution in [3.63, 3.8) is 0 Å². The molecule has 4 nitrogen and oxygen atoms in total.